The smallest absolute Gasteiger partial charge is 0.103 e. The topological polar surface area (TPSA) is 3.24 Å². The minimum atomic E-state index is -0.741. The van der Waals surface area contributed by atoms with E-state index in [1.165, 1.54) is 27.5 Å². The summed E-state index contributed by atoms with van der Waals surface area (Å²) in [5.74, 6) is 0. The molecule has 1 unspecified atom stereocenters. The van der Waals surface area contributed by atoms with E-state index in [1.54, 1.807) is 0 Å². The quantitative estimate of drug-likeness (QED) is 0.150. The molecule has 1 atom stereocenters. The van der Waals surface area contributed by atoms with Gasteiger partial charge < -0.3 is 4.90 Å². The Balaban J connectivity index is 1.15. The van der Waals surface area contributed by atoms with Gasteiger partial charge in [-0.2, -0.15) is 0 Å². The van der Waals surface area contributed by atoms with Gasteiger partial charge in [-0.15, -0.1) is 0 Å². The number of alkyl halides is 1. The molecule has 10 rings (SSSR count). The number of hydrogen-bond donors (Lipinski definition) is 0. The largest absolute Gasteiger partial charge is 0.310 e. The predicted octanol–water partition coefficient (Wildman–Crippen LogP) is 15.2. The molecule has 1 aliphatic rings. The Morgan fingerprint density at radius 2 is 0.860 bits per heavy atom. The SMILES string of the molecule is CC1(CF)c2ccccc2-c2ccc(N(c3ccc(-c4cccc5ccccc45)cc3)c3ccc(-c4ccccc4)c(-c4ccc(-c5ccccc5)cc4)c3)cc21. The molecule has 1 nitrogen and oxygen atoms in total. The van der Waals surface area contributed by atoms with Crippen molar-refractivity contribution in [2.45, 2.75) is 12.3 Å². The molecule has 57 heavy (non-hydrogen) atoms. The van der Waals surface area contributed by atoms with E-state index in [-0.39, 0.29) is 0 Å². The first kappa shape index (κ1) is 34.5. The van der Waals surface area contributed by atoms with E-state index < -0.39 is 12.1 Å². The number of benzene rings is 9. The first-order chi connectivity index (χ1) is 28.1. The zero-order chi connectivity index (χ0) is 38.3. The second kappa shape index (κ2) is 14.2. The highest BCUT2D eigenvalue weighted by Crippen LogP contribution is 2.51. The van der Waals surface area contributed by atoms with Crippen molar-refractivity contribution in [3.63, 3.8) is 0 Å². The van der Waals surface area contributed by atoms with Crippen LogP contribution in [0.3, 0.4) is 0 Å². The fraction of sp³-hybridized carbons (Fsp3) is 0.0545. The normalized spacial score (nSPS) is 14.3. The Bertz CT molecular complexity index is 2870. The highest BCUT2D eigenvalue weighted by molar-refractivity contribution is 5.97. The van der Waals surface area contributed by atoms with Gasteiger partial charge in [0.25, 0.3) is 0 Å². The lowest BCUT2D eigenvalue weighted by Gasteiger charge is -2.29. The van der Waals surface area contributed by atoms with Crippen LogP contribution in [0.4, 0.5) is 21.5 Å². The van der Waals surface area contributed by atoms with Crippen molar-refractivity contribution in [2.75, 3.05) is 11.6 Å². The molecule has 0 amide bonds. The summed E-state index contributed by atoms with van der Waals surface area (Å²) in [5.41, 5.74) is 15.9. The Hall–Kier alpha value is -7.03. The van der Waals surface area contributed by atoms with Crippen LogP contribution in [-0.2, 0) is 5.41 Å². The molecular formula is C55H40FN. The van der Waals surface area contributed by atoms with Crippen molar-refractivity contribution in [2.24, 2.45) is 0 Å². The number of fused-ring (bicyclic) bond motifs is 4. The summed E-state index contributed by atoms with van der Waals surface area (Å²) in [6, 6.07) is 75.6. The summed E-state index contributed by atoms with van der Waals surface area (Å²) in [7, 11) is 0. The minimum Gasteiger partial charge on any atom is -0.310 e. The fourth-order valence-electron chi connectivity index (χ4n) is 8.82. The van der Waals surface area contributed by atoms with Crippen LogP contribution < -0.4 is 4.90 Å². The van der Waals surface area contributed by atoms with Crippen LogP contribution in [0.25, 0.3) is 66.4 Å². The van der Waals surface area contributed by atoms with Crippen molar-refractivity contribution >= 4 is 27.8 Å². The van der Waals surface area contributed by atoms with Gasteiger partial charge in [0.2, 0.25) is 0 Å². The van der Waals surface area contributed by atoms with Crippen LogP contribution in [0, 0.1) is 0 Å². The standard InChI is InChI=1S/C55H40FN/c1-55(37-56)53-22-11-10-20-50(53)51-34-32-46(36-54(51)55)57(44-29-27-42(28-30-44)48-21-12-18-41-17-8-9-19-47(41)48)45-31-33-49(40-15-6-3-7-16-40)52(35-45)43-25-23-39(24-26-43)38-13-4-2-5-14-38/h2-36H,37H2,1H3. The maximum Gasteiger partial charge on any atom is 0.103 e. The van der Waals surface area contributed by atoms with Crippen molar-refractivity contribution < 1.29 is 4.39 Å². The molecule has 0 spiro atoms. The summed E-state index contributed by atoms with van der Waals surface area (Å²) in [6.45, 7) is 1.56. The fourth-order valence-corrected chi connectivity index (χ4v) is 8.82. The number of hydrogen-bond acceptors (Lipinski definition) is 1. The van der Waals surface area contributed by atoms with Gasteiger partial charge in [-0.1, -0.05) is 176 Å². The molecule has 0 N–H and O–H groups in total. The lowest BCUT2D eigenvalue weighted by molar-refractivity contribution is 0.379. The van der Waals surface area contributed by atoms with Gasteiger partial charge in [0.1, 0.15) is 6.67 Å². The van der Waals surface area contributed by atoms with Crippen molar-refractivity contribution in [3.8, 4) is 55.6 Å². The van der Waals surface area contributed by atoms with Gasteiger partial charge in [-0.25, -0.2) is 4.39 Å². The van der Waals surface area contributed by atoms with Gasteiger partial charge in [0, 0.05) is 22.5 Å². The molecule has 272 valence electrons. The molecular weight excluding hydrogens is 694 g/mol. The van der Waals surface area contributed by atoms with Crippen molar-refractivity contribution in [3.05, 3.63) is 223 Å². The number of rotatable bonds is 8. The van der Waals surface area contributed by atoms with E-state index in [0.29, 0.717) is 0 Å². The lowest BCUT2D eigenvalue weighted by atomic mass is 9.81. The Kier molecular flexibility index (Phi) is 8.61. The van der Waals surface area contributed by atoms with E-state index >= 15 is 4.39 Å². The Morgan fingerprint density at radius 1 is 0.368 bits per heavy atom. The average Bonchev–Trinajstić information content (AvgIpc) is 3.54. The maximum absolute atomic E-state index is 15.3. The molecule has 0 fully saturated rings. The third kappa shape index (κ3) is 6.02. The summed E-state index contributed by atoms with van der Waals surface area (Å²) in [5, 5.41) is 2.45. The molecule has 0 aliphatic heterocycles. The first-order valence-corrected chi connectivity index (χ1v) is 19.6. The van der Waals surface area contributed by atoms with Crippen molar-refractivity contribution in [1.29, 1.82) is 0 Å². The first-order valence-electron chi connectivity index (χ1n) is 19.6. The highest BCUT2D eigenvalue weighted by Gasteiger charge is 2.40. The van der Waals surface area contributed by atoms with Crippen LogP contribution in [0.1, 0.15) is 18.1 Å². The molecule has 0 bridgehead atoms. The van der Waals surface area contributed by atoms with E-state index in [9.17, 15) is 0 Å². The molecule has 0 saturated heterocycles. The molecule has 2 heteroatoms. The third-order valence-electron chi connectivity index (χ3n) is 11.8. The van der Waals surface area contributed by atoms with Gasteiger partial charge in [0.05, 0.1) is 0 Å². The zero-order valence-electron chi connectivity index (χ0n) is 31.7. The second-order valence-electron chi connectivity index (χ2n) is 15.2. The maximum atomic E-state index is 15.3. The third-order valence-corrected chi connectivity index (χ3v) is 11.8. The minimum absolute atomic E-state index is 0.477. The molecule has 0 saturated carbocycles. The number of nitrogens with zero attached hydrogens (tertiary/aromatic N) is 1. The van der Waals surface area contributed by atoms with Gasteiger partial charge in [0.15, 0.2) is 0 Å². The summed E-state index contributed by atoms with van der Waals surface area (Å²) >= 11 is 0. The molecule has 1 aliphatic carbocycles. The second-order valence-corrected chi connectivity index (χ2v) is 15.2. The number of anilines is 3. The Labute approximate surface area is 334 Å². The molecule has 9 aromatic rings. The molecule has 0 heterocycles. The molecule has 9 aromatic carbocycles. The zero-order valence-corrected chi connectivity index (χ0v) is 31.7. The van der Waals surface area contributed by atoms with Gasteiger partial charge in [-0.3, -0.25) is 0 Å². The molecule has 0 radical (unpaired) electrons. The van der Waals surface area contributed by atoms with Crippen LogP contribution in [0.15, 0.2) is 212 Å². The summed E-state index contributed by atoms with van der Waals surface area (Å²) < 4.78 is 15.3. The van der Waals surface area contributed by atoms with E-state index in [1.807, 2.05) is 19.1 Å². The van der Waals surface area contributed by atoms with Gasteiger partial charge >= 0.3 is 0 Å². The molecule has 0 aromatic heterocycles. The predicted molar refractivity (Wildman–Crippen MR) is 238 cm³/mol. The highest BCUT2D eigenvalue weighted by atomic mass is 19.1. The lowest BCUT2D eigenvalue weighted by Crippen LogP contribution is -2.23. The summed E-state index contributed by atoms with van der Waals surface area (Å²) in [6.07, 6.45) is 0. The van der Waals surface area contributed by atoms with E-state index in [2.05, 4.69) is 205 Å². The number of halogens is 1. The average molecular weight is 734 g/mol. The Morgan fingerprint density at radius 3 is 1.61 bits per heavy atom. The van der Waals surface area contributed by atoms with E-state index in [0.717, 1.165) is 67.1 Å². The van der Waals surface area contributed by atoms with Crippen LogP contribution in [0.2, 0.25) is 0 Å². The monoisotopic (exact) mass is 733 g/mol. The van der Waals surface area contributed by atoms with Crippen LogP contribution in [0.5, 0.6) is 0 Å². The van der Waals surface area contributed by atoms with Crippen molar-refractivity contribution in [1.82, 2.24) is 0 Å². The summed E-state index contributed by atoms with van der Waals surface area (Å²) in [4.78, 5) is 2.32. The van der Waals surface area contributed by atoms with Gasteiger partial charge in [-0.05, 0) is 121 Å². The van der Waals surface area contributed by atoms with Crippen LogP contribution >= 0.6 is 0 Å². The van der Waals surface area contributed by atoms with Crippen LogP contribution in [-0.4, -0.2) is 6.67 Å². The van der Waals surface area contributed by atoms with E-state index in [4.69, 9.17) is 0 Å².